The zero-order valence-electron chi connectivity index (χ0n) is 103. The largest absolute Gasteiger partial charge is 0.393 e. The Labute approximate surface area is 872 Å². The summed E-state index contributed by atoms with van der Waals surface area (Å²) < 4.78 is 0. The molecule has 0 saturated carbocycles. The molecule has 1 amide bonds. The highest BCUT2D eigenvalue weighted by molar-refractivity contribution is 7.98. The van der Waals surface area contributed by atoms with Crippen LogP contribution in [-0.2, 0) is 38.4 Å². The molecule has 0 spiro atoms. The first-order valence-electron chi connectivity index (χ1n) is 55.6. The number of aliphatic hydroxyl groups excluding tert-OH is 1. The van der Waals surface area contributed by atoms with Crippen molar-refractivity contribution in [2.45, 2.75) is 507 Å². The molecule has 11 heteroatoms. The molecule has 0 bridgehead atoms. The number of ketones is 3. The van der Waals surface area contributed by atoms with Crippen LogP contribution in [0.4, 0.5) is 0 Å². The summed E-state index contributed by atoms with van der Waals surface area (Å²) in [7, 11) is 0. The number of carbonyl (C=O) groups is 4. The van der Waals surface area contributed by atoms with Crippen molar-refractivity contribution < 1.29 is 24.3 Å². The molecule has 2 heterocycles. The van der Waals surface area contributed by atoms with Gasteiger partial charge in [0.2, 0.25) is 5.91 Å². The number of thioether (sulfide) groups is 1. The Kier molecular flexibility index (Phi) is 133. The SMILES string of the molecule is CC(=O)CC(C)C.CC(=O)CCC(C)C.CC(=O)CCC(C)C.CC(C)C.CC(C)C(C)C.CC(C)C(C)O.CC(C)CC(C)C.CC(C)CC(N)=O.CC(C)CC1=CCC=N1.CC(C)Cc1c[nH]c2ccccc12.CC(C)Cc1ccccc1.CC(N)=NCCCC(C)C.CCC(C)C.CCC(C)C.CCC(C)C(C)C.CCCCCC(C)C.CSCCC(C)C.Cc1ccc(CC(C)C)cc1. The van der Waals surface area contributed by atoms with E-state index in [-0.39, 0.29) is 17.8 Å². The smallest absolute Gasteiger partial charge is 0.217 e. The highest BCUT2D eigenvalue weighted by atomic mass is 32.2. The number of nitrogens with one attached hydrogen (secondary N) is 1. The molecule has 3 aromatic carbocycles. The van der Waals surface area contributed by atoms with Gasteiger partial charge in [0, 0.05) is 67.7 Å². The Morgan fingerprint density at radius 3 is 1.01 bits per heavy atom. The number of Topliss-reactive ketones (excluding diaryl/α,β-unsaturated/α-hetero) is 3. The number of hydrogen-bond acceptors (Lipinski definition) is 8. The topological polar surface area (TPSA) is 181 Å². The maximum atomic E-state index is 10.3. The van der Waals surface area contributed by atoms with Crippen molar-refractivity contribution >= 4 is 58.0 Å². The minimum Gasteiger partial charge on any atom is -0.393 e. The number of amidine groups is 1. The lowest BCUT2D eigenvalue weighted by Gasteiger charge is -2.10. The van der Waals surface area contributed by atoms with E-state index in [9.17, 15) is 19.2 Å². The lowest BCUT2D eigenvalue weighted by atomic mass is 9.96. The quantitative estimate of drug-likeness (QED) is 0.0197. The fraction of sp³-hybridized carbons (Fsp3) is 0.780. The number of hydrogen-bond donors (Lipinski definition) is 4. The van der Waals surface area contributed by atoms with Gasteiger partial charge in [-0.2, -0.15) is 11.8 Å². The summed E-state index contributed by atoms with van der Waals surface area (Å²) in [6, 6.07) is 27.9. The van der Waals surface area contributed by atoms with E-state index in [4.69, 9.17) is 16.6 Å². The van der Waals surface area contributed by atoms with Gasteiger partial charge in [-0.05, 0) is 265 Å². The number of aliphatic hydroxyl groups is 1. The molecule has 1 aliphatic rings. The number of benzene rings is 3. The molecule has 2 unspecified atom stereocenters. The number of amides is 1. The summed E-state index contributed by atoms with van der Waals surface area (Å²) in [6.45, 7) is 113. The van der Waals surface area contributed by atoms with Gasteiger partial charge in [0.15, 0.2) is 0 Å². The number of allylic oxidation sites excluding steroid dienone is 2. The molecule has 2 atom stereocenters. The fourth-order valence-corrected chi connectivity index (χ4v) is 11.0. The van der Waals surface area contributed by atoms with Gasteiger partial charge in [-0.25, -0.2) is 0 Å². The predicted octanol–water partition coefficient (Wildman–Crippen LogP) is 39.9. The Morgan fingerprint density at radius 2 is 0.775 bits per heavy atom. The molecule has 10 nitrogen and oxygen atoms in total. The van der Waals surface area contributed by atoms with E-state index < -0.39 is 0 Å². The first-order chi connectivity index (χ1) is 63.6. The summed E-state index contributed by atoms with van der Waals surface area (Å²) >= 11 is 1.93. The van der Waals surface area contributed by atoms with Crippen molar-refractivity contribution in [1.29, 1.82) is 0 Å². The molecular weight excluding hydrogens is 1710 g/mol. The molecule has 0 saturated heterocycles. The van der Waals surface area contributed by atoms with Gasteiger partial charge >= 0.3 is 0 Å². The third-order valence-electron chi connectivity index (χ3n) is 20.6. The Morgan fingerprint density at radius 1 is 0.406 bits per heavy atom. The Bertz CT molecular complexity index is 3100. The Balaban J connectivity index is -0.000000110. The van der Waals surface area contributed by atoms with Crippen LogP contribution in [0.2, 0.25) is 0 Å². The van der Waals surface area contributed by atoms with Gasteiger partial charge in [-0.1, -0.05) is 448 Å². The van der Waals surface area contributed by atoms with Crippen LogP contribution in [0, 0.1) is 131 Å². The number of nitrogens with zero attached hydrogens (tertiary/aromatic N) is 2. The van der Waals surface area contributed by atoms with E-state index in [1.165, 1.54) is 122 Å². The second kappa shape index (κ2) is 114. The third kappa shape index (κ3) is 176. The standard InChI is InChI=1S/C12H15N.C11H16.C10H14.C8H18N2.C8H13N.C8H18.2C7H14O.2C7H16.C6H12O.C6H14S.C6H14.C5H11NO.C5H12O.2C5H12.C4H10/c1-9(2)7-10-8-13-12-6-4-3-5-11(10)12;1-9(2)8-11-6-4-10(3)5-7-11;1-9(2)8-10-6-4-3-5-7-10;1-7(2)5-4-6-10-8(3)9;1-7(2)6-8-4-3-5-9-8;1-4-5-6-7-8(2)3;2*1-6(2)4-5-7(3)8;1-6(2)5-7(3)4;1-5-7(4)6(2)3;1-5(2)4-6(3)7;1-6(2)4-5-7-3;1-5(2)6(3)4;1-4(2)3-5(6)7;1-4(2)5(3)6;2*1-4-5(2)3;1-4(2)3/h3-6,8-9,13H,7H2,1-2H3;4-7,9H,8H2,1-3H3;3-7,9H,8H2,1-2H3;7H,4-6H2,1-3H3,(H2,9,10);4-5,7H,3,6H2,1-2H3;8H,4-7H2,1-3H3;2*6H,4-5H2,1-3H3;2*6-7H,5H2,1-4H3;5H,4H2,1-3H3;6H,4-5H2,1-3H3;5-6H,1-4H3;4H,3H2,1-2H3,(H2,6,7);4-6H,1-3H3;2*5H,4H2,1-3H3;4H,1-3H3. The van der Waals surface area contributed by atoms with E-state index >= 15 is 0 Å². The van der Waals surface area contributed by atoms with Gasteiger partial charge in [-0.3, -0.25) is 14.8 Å². The fourth-order valence-electron chi connectivity index (χ4n) is 10.3. The number of unbranched alkanes of at least 4 members (excludes halogenated alkanes) is 2. The molecular formula is C127H251N5O5S. The van der Waals surface area contributed by atoms with Gasteiger partial charge in [0.1, 0.15) is 17.3 Å². The second-order valence-corrected chi connectivity index (χ2v) is 47.7. The lowest BCUT2D eigenvalue weighted by Crippen LogP contribution is -2.12. The molecule has 0 radical (unpaired) electrons. The van der Waals surface area contributed by atoms with Gasteiger partial charge < -0.3 is 35.9 Å². The van der Waals surface area contributed by atoms with Crippen molar-refractivity contribution in [3.05, 3.63) is 119 Å². The number of aliphatic imine (C=N–C) groups is 2. The normalized spacial score (nSPS) is 11.4. The molecule has 1 aromatic heterocycles. The van der Waals surface area contributed by atoms with Crippen LogP contribution in [0.3, 0.4) is 0 Å². The number of fused-ring (bicyclic) bond motifs is 1. The summed E-state index contributed by atoms with van der Waals surface area (Å²) in [5.41, 5.74) is 18.4. The average Bonchev–Trinajstić information content (AvgIpc) is 1.69. The van der Waals surface area contributed by atoms with Crippen LogP contribution in [0.1, 0.15) is 497 Å². The van der Waals surface area contributed by atoms with E-state index in [0.29, 0.717) is 53.4 Å². The van der Waals surface area contributed by atoms with Crippen molar-refractivity contribution in [2.24, 2.45) is 146 Å². The van der Waals surface area contributed by atoms with Crippen LogP contribution in [-0.4, -0.2) is 70.1 Å². The maximum Gasteiger partial charge on any atom is 0.217 e. The number of H-pyrrole nitrogens is 1. The zero-order valence-corrected chi connectivity index (χ0v) is 104. The number of aryl methyl sites for hydroxylation is 1. The predicted molar refractivity (Wildman–Crippen MR) is 639 cm³/mol. The number of nitrogens with two attached hydrogens (primary N) is 2. The summed E-state index contributed by atoms with van der Waals surface area (Å²) in [6.07, 6.45) is 33.5. The molecule has 0 aliphatic carbocycles. The van der Waals surface area contributed by atoms with E-state index in [0.717, 1.165) is 159 Å². The lowest BCUT2D eigenvalue weighted by molar-refractivity contribution is -0.119. The first-order valence-corrected chi connectivity index (χ1v) is 57.0. The number of rotatable bonds is 37. The summed E-state index contributed by atoms with van der Waals surface area (Å²) in [5.74, 6) is 18.7. The van der Waals surface area contributed by atoms with Gasteiger partial charge in [-0.15, -0.1) is 0 Å². The molecule has 4 aromatic rings. The maximum absolute atomic E-state index is 10.3. The van der Waals surface area contributed by atoms with Crippen LogP contribution < -0.4 is 11.5 Å². The number of carbonyl (C=O) groups excluding carboxylic acids is 4. The Hall–Kier alpha value is -5.13. The van der Waals surface area contributed by atoms with Crippen molar-refractivity contribution in [3.63, 3.8) is 0 Å². The number of primary amides is 1. The number of para-hydroxylation sites is 1. The van der Waals surface area contributed by atoms with E-state index in [2.05, 4.69) is 396 Å². The molecule has 5 rings (SSSR count). The monoisotopic (exact) mass is 1960 g/mol. The molecule has 6 N–H and O–H groups in total. The number of aromatic nitrogens is 1. The first kappa shape index (κ1) is 161. The summed E-state index contributed by atoms with van der Waals surface area (Å²) in [4.78, 5) is 52.6. The van der Waals surface area contributed by atoms with E-state index in [1.54, 1.807) is 27.7 Å². The third-order valence-corrected chi connectivity index (χ3v) is 21.2. The molecule has 820 valence electrons. The van der Waals surface area contributed by atoms with Crippen LogP contribution in [0.25, 0.3) is 10.9 Å². The van der Waals surface area contributed by atoms with Crippen LogP contribution >= 0.6 is 11.8 Å². The molecule has 0 fully saturated rings. The minimum atomic E-state index is -0.213. The van der Waals surface area contributed by atoms with Crippen molar-refractivity contribution in [2.75, 3.05) is 18.6 Å². The van der Waals surface area contributed by atoms with E-state index in [1.807, 2.05) is 66.4 Å². The van der Waals surface area contributed by atoms with Gasteiger partial charge in [0.05, 0.1) is 11.9 Å². The highest BCUT2D eigenvalue weighted by Gasteiger charge is 2.08. The van der Waals surface area contributed by atoms with Crippen LogP contribution in [0.15, 0.2) is 107 Å². The second-order valence-electron chi connectivity index (χ2n) is 46.7. The van der Waals surface area contributed by atoms with Crippen molar-refractivity contribution in [3.8, 4) is 0 Å². The van der Waals surface area contributed by atoms with Crippen molar-refractivity contribution in [1.82, 2.24) is 4.98 Å². The van der Waals surface area contributed by atoms with Gasteiger partial charge in [0.25, 0.3) is 0 Å². The van der Waals surface area contributed by atoms with Crippen LogP contribution in [0.5, 0.6) is 0 Å². The number of aromatic amines is 1. The molecule has 1 aliphatic heterocycles. The minimum absolute atomic E-state index is 0.148. The average molecular weight is 1960 g/mol. The molecule has 138 heavy (non-hydrogen) atoms. The highest BCUT2D eigenvalue weighted by Crippen LogP contribution is 2.22. The zero-order chi connectivity index (χ0) is 111. The summed E-state index contributed by atoms with van der Waals surface area (Å²) in [5, 5.41) is 10.0.